The summed E-state index contributed by atoms with van der Waals surface area (Å²) in [5.74, 6) is 0.0457. The van der Waals surface area contributed by atoms with E-state index >= 15 is 0 Å². The first-order valence-electron chi connectivity index (χ1n) is 4.95. The van der Waals surface area contributed by atoms with Crippen LogP contribution in [0.1, 0.15) is 25.7 Å². The van der Waals surface area contributed by atoms with Crippen LogP contribution in [0, 0.1) is 13.8 Å². The lowest BCUT2D eigenvalue weighted by Gasteiger charge is -2.00. The van der Waals surface area contributed by atoms with Crippen LogP contribution in [-0.2, 0) is 0 Å². The third kappa shape index (κ3) is 2.18. The smallest absolute Gasteiger partial charge is 0.194 e. The highest BCUT2D eigenvalue weighted by molar-refractivity contribution is 7.12. The van der Waals surface area contributed by atoms with Crippen molar-refractivity contribution >= 4 is 28.7 Å². The van der Waals surface area contributed by atoms with Crippen molar-refractivity contribution in [3.63, 3.8) is 0 Å². The molecule has 0 aliphatic rings. The van der Waals surface area contributed by atoms with Gasteiger partial charge in [-0.05, 0) is 32.0 Å². The van der Waals surface area contributed by atoms with Gasteiger partial charge in [-0.15, -0.1) is 11.3 Å². The average Bonchev–Trinajstić information content (AvgIpc) is 2.57. The molecule has 0 fully saturated rings. The summed E-state index contributed by atoms with van der Waals surface area (Å²) in [5.41, 5.74) is 1.43. The SMILES string of the molecule is Cc1cc(C(=O)c2cccc(Cl)c2)c(C)s1. The molecular formula is C13H11ClOS. The molecule has 0 radical (unpaired) electrons. The Kier molecular flexibility index (Phi) is 3.13. The molecule has 82 valence electrons. The van der Waals surface area contributed by atoms with Crippen LogP contribution >= 0.6 is 22.9 Å². The van der Waals surface area contributed by atoms with Gasteiger partial charge in [0.25, 0.3) is 0 Å². The second kappa shape index (κ2) is 4.40. The van der Waals surface area contributed by atoms with Crippen molar-refractivity contribution in [2.24, 2.45) is 0 Å². The minimum Gasteiger partial charge on any atom is -0.289 e. The van der Waals surface area contributed by atoms with Crippen molar-refractivity contribution < 1.29 is 4.79 Å². The number of thiophene rings is 1. The molecule has 0 spiro atoms. The summed E-state index contributed by atoms with van der Waals surface area (Å²) in [6.07, 6.45) is 0. The Balaban J connectivity index is 2.43. The molecule has 3 heteroatoms. The van der Waals surface area contributed by atoms with Crippen molar-refractivity contribution in [1.29, 1.82) is 0 Å². The zero-order valence-corrected chi connectivity index (χ0v) is 10.7. The molecular weight excluding hydrogens is 240 g/mol. The number of halogens is 1. The number of rotatable bonds is 2. The fourth-order valence-electron chi connectivity index (χ4n) is 1.64. The second-order valence-electron chi connectivity index (χ2n) is 3.67. The standard InChI is InChI=1S/C13H11ClOS/c1-8-6-12(9(2)16-8)13(15)10-4-3-5-11(14)7-10/h3-7H,1-2H3. The molecule has 0 unspecified atom stereocenters. The summed E-state index contributed by atoms with van der Waals surface area (Å²) < 4.78 is 0. The Morgan fingerprint density at radius 1 is 1.25 bits per heavy atom. The lowest BCUT2D eigenvalue weighted by Crippen LogP contribution is -2.00. The summed E-state index contributed by atoms with van der Waals surface area (Å²) in [7, 11) is 0. The van der Waals surface area contributed by atoms with Crippen LogP contribution in [0.3, 0.4) is 0 Å². The van der Waals surface area contributed by atoms with Gasteiger partial charge in [0, 0.05) is 25.9 Å². The van der Waals surface area contributed by atoms with Crippen LogP contribution in [0.4, 0.5) is 0 Å². The molecule has 0 amide bonds. The number of ketones is 1. The quantitative estimate of drug-likeness (QED) is 0.729. The molecule has 0 aliphatic carbocycles. The average molecular weight is 251 g/mol. The lowest BCUT2D eigenvalue weighted by atomic mass is 10.0. The van der Waals surface area contributed by atoms with Crippen LogP contribution < -0.4 is 0 Å². The van der Waals surface area contributed by atoms with Gasteiger partial charge in [-0.2, -0.15) is 0 Å². The molecule has 0 aliphatic heterocycles. The van der Waals surface area contributed by atoms with Gasteiger partial charge in [-0.3, -0.25) is 4.79 Å². The summed E-state index contributed by atoms with van der Waals surface area (Å²) in [6.45, 7) is 3.97. The van der Waals surface area contributed by atoms with Gasteiger partial charge in [0.2, 0.25) is 0 Å². The number of hydrogen-bond donors (Lipinski definition) is 0. The molecule has 0 bridgehead atoms. The Labute approximate surface area is 104 Å². The Hall–Kier alpha value is -1.12. The van der Waals surface area contributed by atoms with Crippen LogP contribution in [0.5, 0.6) is 0 Å². The topological polar surface area (TPSA) is 17.1 Å². The number of hydrogen-bond acceptors (Lipinski definition) is 2. The summed E-state index contributed by atoms with van der Waals surface area (Å²) >= 11 is 7.51. The van der Waals surface area contributed by atoms with Gasteiger partial charge in [0.1, 0.15) is 0 Å². The van der Waals surface area contributed by atoms with E-state index in [1.165, 1.54) is 0 Å². The number of carbonyl (C=O) groups excluding carboxylic acids is 1. The number of aryl methyl sites for hydroxylation is 2. The molecule has 1 aromatic heterocycles. The van der Waals surface area contributed by atoms with E-state index in [1.54, 1.807) is 35.6 Å². The van der Waals surface area contributed by atoms with E-state index in [2.05, 4.69) is 0 Å². The van der Waals surface area contributed by atoms with E-state index in [4.69, 9.17) is 11.6 Å². The van der Waals surface area contributed by atoms with Crippen molar-refractivity contribution in [2.45, 2.75) is 13.8 Å². The molecule has 1 heterocycles. The predicted octanol–water partition coefficient (Wildman–Crippen LogP) is 4.25. The van der Waals surface area contributed by atoms with E-state index < -0.39 is 0 Å². The molecule has 0 saturated heterocycles. The molecule has 0 atom stereocenters. The van der Waals surface area contributed by atoms with Crippen LogP contribution in [0.15, 0.2) is 30.3 Å². The van der Waals surface area contributed by atoms with Crippen molar-refractivity contribution in [1.82, 2.24) is 0 Å². The van der Waals surface area contributed by atoms with E-state index in [0.717, 1.165) is 15.3 Å². The van der Waals surface area contributed by atoms with Gasteiger partial charge >= 0.3 is 0 Å². The third-order valence-electron chi connectivity index (χ3n) is 2.37. The predicted molar refractivity (Wildman–Crippen MR) is 68.7 cm³/mol. The highest BCUT2D eigenvalue weighted by atomic mass is 35.5. The van der Waals surface area contributed by atoms with E-state index in [1.807, 2.05) is 19.9 Å². The summed E-state index contributed by atoms with van der Waals surface area (Å²) in [4.78, 5) is 14.4. The normalized spacial score (nSPS) is 10.4. The zero-order chi connectivity index (χ0) is 11.7. The molecule has 2 rings (SSSR count). The third-order valence-corrected chi connectivity index (χ3v) is 3.57. The van der Waals surface area contributed by atoms with E-state index in [9.17, 15) is 4.79 Å². The highest BCUT2D eigenvalue weighted by Gasteiger charge is 2.14. The highest BCUT2D eigenvalue weighted by Crippen LogP contribution is 2.24. The van der Waals surface area contributed by atoms with Crippen LogP contribution in [0.25, 0.3) is 0 Å². The zero-order valence-electron chi connectivity index (χ0n) is 9.08. The first kappa shape index (κ1) is 11.4. The van der Waals surface area contributed by atoms with Gasteiger partial charge in [-0.25, -0.2) is 0 Å². The van der Waals surface area contributed by atoms with Gasteiger partial charge < -0.3 is 0 Å². The first-order valence-corrected chi connectivity index (χ1v) is 6.14. The first-order chi connectivity index (χ1) is 7.58. The van der Waals surface area contributed by atoms with Gasteiger partial charge in [0.15, 0.2) is 5.78 Å². The largest absolute Gasteiger partial charge is 0.289 e. The molecule has 1 aromatic carbocycles. The van der Waals surface area contributed by atoms with Crippen molar-refractivity contribution in [2.75, 3.05) is 0 Å². The second-order valence-corrected chi connectivity index (χ2v) is 5.56. The Bertz CT molecular complexity index is 543. The summed E-state index contributed by atoms with van der Waals surface area (Å²) in [6, 6.07) is 8.99. The number of benzene rings is 1. The lowest BCUT2D eigenvalue weighted by molar-refractivity contribution is 0.103. The molecule has 1 nitrogen and oxygen atoms in total. The maximum absolute atomic E-state index is 12.2. The molecule has 2 aromatic rings. The fraction of sp³-hybridized carbons (Fsp3) is 0.154. The van der Waals surface area contributed by atoms with Crippen molar-refractivity contribution in [3.05, 3.63) is 56.2 Å². The van der Waals surface area contributed by atoms with E-state index in [0.29, 0.717) is 10.6 Å². The Morgan fingerprint density at radius 3 is 2.56 bits per heavy atom. The minimum absolute atomic E-state index is 0.0457. The minimum atomic E-state index is 0.0457. The monoisotopic (exact) mass is 250 g/mol. The van der Waals surface area contributed by atoms with Crippen LogP contribution in [0.2, 0.25) is 5.02 Å². The van der Waals surface area contributed by atoms with Crippen LogP contribution in [-0.4, -0.2) is 5.78 Å². The van der Waals surface area contributed by atoms with Crippen molar-refractivity contribution in [3.8, 4) is 0 Å². The number of carbonyl (C=O) groups is 1. The maximum atomic E-state index is 12.2. The Morgan fingerprint density at radius 2 is 2.00 bits per heavy atom. The molecule has 16 heavy (non-hydrogen) atoms. The molecule has 0 N–H and O–H groups in total. The maximum Gasteiger partial charge on any atom is 0.194 e. The van der Waals surface area contributed by atoms with Gasteiger partial charge in [-0.1, -0.05) is 23.7 Å². The molecule has 0 saturated carbocycles. The summed E-state index contributed by atoms with van der Waals surface area (Å²) in [5, 5.41) is 0.593. The van der Waals surface area contributed by atoms with E-state index in [-0.39, 0.29) is 5.78 Å². The van der Waals surface area contributed by atoms with Gasteiger partial charge in [0.05, 0.1) is 0 Å². The fourth-order valence-corrected chi connectivity index (χ4v) is 2.75.